The van der Waals surface area contributed by atoms with E-state index in [4.69, 9.17) is 10.2 Å². The number of phenolic OH excluding ortho intramolecular Hbond substituents is 12. The fourth-order valence-electron chi connectivity index (χ4n) is 7.11. The molecule has 6 aromatic carbocycles. The van der Waals surface area contributed by atoms with Crippen LogP contribution in [0.3, 0.4) is 0 Å². The molecular weight excluding hydrogens is 792 g/mol. The third kappa shape index (κ3) is 6.75. The van der Waals surface area contributed by atoms with E-state index < -0.39 is 69.0 Å². The van der Waals surface area contributed by atoms with Crippen LogP contribution in [0.2, 0.25) is 0 Å². The molecular formula is C45H42N2O14. The van der Waals surface area contributed by atoms with Crippen molar-refractivity contribution in [1.82, 2.24) is 9.13 Å². The molecule has 0 saturated carbocycles. The van der Waals surface area contributed by atoms with Crippen molar-refractivity contribution in [1.29, 1.82) is 0 Å². The second-order valence-electron chi connectivity index (χ2n) is 14.9. The number of phenols is 12. The van der Waals surface area contributed by atoms with E-state index in [9.17, 15) is 61.3 Å². The third-order valence-electron chi connectivity index (χ3n) is 10.2. The first kappa shape index (κ1) is 42.4. The van der Waals surface area contributed by atoms with Crippen LogP contribution < -0.4 is 0 Å². The number of hydrogen-bond acceptors (Lipinski definition) is 14. The summed E-state index contributed by atoms with van der Waals surface area (Å²) in [5, 5.41) is 141. The molecule has 0 fully saturated rings. The van der Waals surface area contributed by atoms with Gasteiger partial charge in [0, 0.05) is 42.8 Å². The molecule has 8 rings (SSSR count). The van der Waals surface area contributed by atoms with Crippen LogP contribution in [0.15, 0.2) is 97.3 Å². The fourth-order valence-corrected chi connectivity index (χ4v) is 7.11. The van der Waals surface area contributed by atoms with Gasteiger partial charge in [-0.1, -0.05) is 58.2 Å². The van der Waals surface area contributed by atoms with Crippen LogP contribution >= 0.6 is 0 Å². The Balaban J connectivity index is 0.000000505. The number of aromatic nitrogens is 2. The number of aliphatic hydroxyl groups excluding tert-OH is 2. The zero-order valence-corrected chi connectivity index (χ0v) is 33.0. The maximum atomic E-state index is 10.8. The Morgan fingerprint density at radius 2 is 0.689 bits per heavy atom. The molecule has 0 aliphatic carbocycles. The number of allylic oxidation sites excluding steroid dienone is 1. The van der Waals surface area contributed by atoms with Gasteiger partial charge in [-0.25, -0.2) is 0 Å². The number of hydrogen-bond donors (Lipinski definition) is 14. The molecule has 316 valence electrons. The highest BCUT2D eigenvalue weighted by Crippen LogP contribution is 2.54. The highest BCUT2D eigenvalue weighted by Gasteiger charge is 2.28. The van der Waals surface area contributed by atoms with Crippen LogP contribution in [0.5, 0.6) is 69.0 Å². The summed E-state index contributed by atoms with van der Waals surface area (Å²) in [5.74, 6) is -9.08. The van der Waals surface area contributed by atoms with E-state index in [1.165, 1.54) is 9.13 Å². The van der Waals surface area contributed by atoms with Crippen LogP contribution in [0, 0.1) is 5.41 Å². The van der Waals surface area contributed by atoms with Gasteiger partial charge in [0.05, 0.1) is 43.6 Å². The van der Waals surface area contributed by atoms with Gasteiger partial charge in [-0.05, 0) is 46.4 Å². The molecule has 0 unspecified atom stereocenters. The molecule has 0 spiro atoms. The van der Waals surface area contributed by atoms with Gasteiger partial charge >= 0.3 is 0 Å². The molecule has 16 heteroatoms. The number of aromatic hydroxyl groups is 12. The van der Waals surface area contributed by atoms with Crippen molar-refractivity contribution in [2.24, 2.45) is 5.41 Å². The molecule has 0 aliphatic heterocycles. The van der Waals surface area contributed by atoms with Gasteiger partial charge in [0.2, 0.25) is 23.0 Å². The Morgan fingerprint density at radius 3 is 0.902 bits per heavy atom. The van der Waals surface area contributed by atoms with Gasteiger partial charge in [0.1, 0.15) is 5.76 Å². The van der Waals surface area contributed by atoms with Crippen LogP contribution in [0.1, 0.15) is 20.8 Å². The molecule has 14 N–H and O–H groups in total. The largest absolute Gasteiger partial charge is 0.508 e. The van der Waals surface area contributed by atoms with Crippen molar-refractivity contribution >= 4 is 43.6 Å². The van der Waals surface area contributed by atoms with Gasteiger partial charge in [0.25, 0.3) is 0 Å². The second-order valence-corrected chi connectivity index (χ2v) is 14.9. The zero-order valence-electron chi connectivity index (χ0n) is 33.0. The maximum Gasteiger partial charge on any atom is 0.201 e. The van der Waals surface area contributed by atoms with E-state index in [1.54, 1.807) is 48.5 Å². The summed E-state index contributed by atoms with van der Waals surface area (Å²) in [7, 11) is 1.00. The minimum Gasteiger partial charge on any atom is -0.508 e. The Hall–Kier alpha value is -8.24. The van der Waals surface area contributed by atoms with E-state index in [0.29, 0.717) is 28.1 Å². The van der Waals surface area contributed by atoms with Crippen LogP contribution in [0.4, 0.5) is 0 Å². The van der Waals surface area contributed by atoms with Crippen molar-refractivity contribution in [3.8, 4) is 91.5 Å². The molecule has 8 aromatic rings. The molecule has 0 atom stereocenters. The lowest BCUT2D eigenvalue weighted by molar-refractivity contribution is 0.369. The second kappa shape index (κ2) is 15.2. The lowest BCUT2D eigenvalue weighted by Gasteiger charge is -2.19. The molecule has 0 amide bonds. The van der Waals surface area contributed by atoms with E-state index in [1.807, 2.05) is 20.8 Å². The Morgan fingerprint density at radius 1 is 0.426 bits per heavy atom. The predicted octanol–water partition coefficient (Wildman–Crippen LogP) is 8.28. The lowest BCUT2D eigenvalue weighted by atomic mass is 9.87. The zero-order chi connectivity index (χ0) is 45.2. The Kier molecular flexibility index (Phi) is 10.5. The normalized spacial score (nSPS) is 11.4. The average molecular weight is 835 g/mol. The monoisotopic (exact) mass is 834 g/mol. The minimum absolute atomic E-state index is 0.0637. The van der Waals surface area contributed by atoms with Gasteiger partial charge < -0.3 is 80.6 Å². The SMILES string of the molecule is C=C(O)C(=C)C(C)(C)C.CO.Oc1cc2c(c(O)c1O)c1c(O)c(O)c(O)cc1n2-c1cccc(-c2cccc(-n3c4cc(O)c(O)c(O)c4c4c(O)c(O)c(O)cc43)c2)c1. The fraction of sp³-hybridized carbons (Fsp3) is 0.111. The molecule has 61 heavy (non-hydrogen) atoms. The molecule has 2 aromatic heterocycles. The van der Waals surface area contributed by atoms with Crippen molar-refractivity contribution in [2.75, 3.05) is 7.11 Å². The Labute approximate surface area is 345 Å². The maximum absolute atomic E-state index is 10.8. The van der Waals surface area contributed by atoms with E-state index in [0.717, 1.165) is 31.4 Å². The first-order valence-corrected chi connectivity index (χ1v) is 18.1. The molecule has 0 radical (unpaired) electrons. The van der Waals surface area contributed by atoms with Crippen molar-refractivity contribution in [3.63, 3.8) is 0 Å². The smallest absolute Gasteiger partial charge is 0.201 e. The Bertz CT molecular complexity index is 2780. The summed E-state index contributed by atoms with van der Waals surface area (Å²) in [5.41, 5.74) is 3.03. The molecule has 0 aliphatic rings. The third-order valence-corrected chi connectivity index (χ3v) is 10.2. The van der Waals surface area contributed by atoms with Crippen molar-refractivity contribution in [3.05, 3.63) is 97.3 Å². The van der Waals surface area contributed by atoms with Crippen LogP contribution in [-0.2, 0) is 0 Å². The van der Waals surface area contributed by atoms with Crippen molar-refractivity contribution in [2.45, 2.75) is 20.8 Å². The summed E-state index contributed by atoms with van der Waals surface area (Å²) >= 11 is 0. The topological polar surface area (TPSA) is 293 Å². The quantitative estimate of drug-likeness (QED) is 0.0451. The number of benzene rings is 6. The standard InChI is InChI=1S/C36H24N2O12.C8H14O.CH4O/c39-21-9-17-25(33(47)29(21)43)26-18(10-22(40)30(44)34(26)48)37(17)15-5-1-3-13(7-15)14-4-2-6-16(8-14)38-19-11-23(41)31(45)35(49)27(19)28-20(38)12-24(42)32(46)36(28)50;1-6(7(2)9)8(3,4)5;1-2/h1-12,39-50H;9H,1-2H2,3-5H3;2H,1H3. The molecule has 0 bridgehead atoms. The van der Waals surface area contributed by atoms with Gasteiger partial charge in [0.15, 0.2) is 46.0 Å². The van der Waals surface area contributed by atoms with Gasteiger partial charge in [-0.3, -0.25) is 0 Å². The van der Waals surface area contributed by atoms with E-state index in [-0.39, 0.29) is 54.8 Å². The first-order chi connectivity index (χ1) is 28.6. The number of aliphatic hydroxyl groups is 2. The number of nitrogens with zero attached hydrogens (tertiary/aromatic N) is 2. The van der Waals surface area contributed by atoms with E-state index in [2.05, 4.69) is 13.2 Å². The van der Waals surface area contributed by atoms with Gasteiger partial charge in [-0.2, -0.15) is 0 Å². The van der Waals surface area contributed by atoms with Crippen molar-refractivity contribution < 1.29 is 71.5 Å². The number of fused-ring (bicyclic) bond motifs is 6. The summed E-state index contributed by atoms with van der Waals surface area (Å²) in [4.78, 5) is 0. The molecule has 16 nitrogen and oxygen atoms in total. The average Bonchev–Trinajstić information content (AvgIpc) is 3.72. The lowest BCUT2D eigenvalue weighted by Crippen LogP contribution is -2.09. The predicted molar refractivity (Wildman–Crippen MR) is 229 cm³/mol. The highest BCUT2D eigenvalue weighted by atomic mass is 16.3. The summed E-state index contributed by atoms with van der Waals surface area (Å²) < 4.78 is 2.97. The highest BCUT2D eigenvalue weighted by molar-refractivity contribution is 6.18. The van der Waals surface area contributed by atoms with E-state index >= 15 is 0 Å². The summed E-state index contributed by atoms with van der Waals surface area (Å²) in [6.45, 7) is 13.0. The molecule has 2 heterocycles. The summed E-state index contributed by atoms with van der Waals surface area (Å²) in [6, 6.07) is 18.2. The summed E-state index contributed by atoms with van der Waals surface area (Å²) in [6.07, 6.45) is 0. The minimum atomic E-state index is -0.854. The van der Waals surface area contributed by atoms with Crippen LogP contribution in [-0.4, -0.2) is 87.7 Å². The molecule has 0 saturated heterocycles. The van der Waals surface area contributed by atoms with Crippen LogP contribution in [0.25, 0.3) is 66.1 Å². The van der Waals surface area contributed by atoms with Gasteiger partial charge in [-0.15, -0.1) is 0 Å². The number of rotatable bonds is 4. The first-order valence-electron chi connectivity index (χ1n) is 18.1.